The minimum Gasteiger partial charge on any atom is -0.360 e. The molecular weight excluding hydrogens is 455 g/mol. The molecule has 1 aromatic heterocycles. The normalized spacial score (nSPS) is 18.3. The summed E-state index contributed by atoms with van der Waals surface area (Å²) >= 11 is 1.76. The second-order valence-corrected chi connectivity index (χ2v) is 6.53. The van der Waals surface area contributed by atoms with Crippen LogP contribution in [0.4, 0.5) is 9.80 Å². The van der Waals surface area contributed by atoms with Gasteiger partial charge in [-0.3, -0.25) is 14.7 Å². The average molecular weight is 478 g/mol. The summed E-state index contributed by atoms with van der Waals surface area (Å²) in [5.74, 6) is 0.634. The van der Waals surface area contributed by atoms with E-state index in [1.165, 1.54) is 9.90 Å². The number of amides is 3. The Bertz CT molecular complexity index is 600. The molecule has 0 aliphatic carbocycles. The lowest BCUT2D eigenvalue weighted by atomic mass is 10.3. The molecule has 25 heavy (non-hydrogen) atoms. The van der Waals surface area contributed by atoms with E-state index in [-0.39, 0.29) is 42.5 Å². The number of hydrogen-bond donors (Lipinski definition) is 2. The number of anilines is 1. The average Bonchev–Trinajstić information content (AvgIpc) is 3.24. The van der Waals surface area contributed by atoms with Gasteiger partial charge in [0, 0.05) is 46.3 Å². The first kappa shape index (κ1) is 19.8. The van der Waals surface area contributed by atoms with Gasteiger partial charge in [-0.2, -0.15) is 0 Å². The molecule has 3 rings (SSSR count). The van der Waals surface area contributed by atoms with E-state index in [0.29, 0.717) is 13.1 Å². The van der Waals surface area contributed by atoms with Crippen molar-refractivity contribution in [1.82, 2.24) is 20.4 Å². The van der Waals surface area contributed by atoms with Gasteiger partial charge in [0.05, 0.1) is 11.5 Å². The lowest BCUT2D eigenvalue weighted by Crippen LogP contribution is -2.53. The molecule has 8 nitrogen and oxygen atoms in total. The maximum absolute atomic E-state index is 11.5. The summed E-state index contributed by atoms with van der Waals surface area (Å²) in [5.41, 5.74) is 0. The van der Waals surface area contributed by atoms with Crippen molar-refractivity contribution in [3.8, 4) is 0 Å². The van der Waals surface area contributed by atoms with Crippen LogP contribution in [0.1, 0.15) is 0 Å². The number of thiophene rings is 1. The summed E-state index contributed by atoms with van der Waals surface area (Å²) < 4.78 is 0. The minimum absolute atomic E-state index is 0. The highest BCUT2D eigenvalue weighted by Gasteiger charge is 2.28. The summed E-state index contributed by atoms with van der Waals surface area (Å²) in [5, 5.41) is 9.16. The maximum Gasteiger partial charge on any atom is 0.324 e. The van der Waals surface area contributed by atoms with Crippen LogP contribution in [0.25, 0.3) is 0 Å². The van der Waals surface area contributed by atoms with E-state index in [4.69, 9.17) is 0 Å². The fraction of sp³-hybridized carbons (Fsp3) is 0.533. The van der Waals surface area contributed by atoms with Crippen LogP contribution in [-0.4, -0.2) is 80.6 Å². The predicted molar refractivity (Wildman–Crippen MR) is 110 cm³/mol. The molecule has 0 aromatic carbocycles. The van der Waals surface area contributed by atoms with Gasteiger partial charge in [-0.25, -0.2) is 4.79 Å². The summed E-state index contributed by atoms with van der Waals surface area (Å²) in [4.78, 5) is 33.2. The lowest BCUT2D eigenvalue weighted by Gasteiger charge is -2.37. The minimum atomic E-state index is -0.318. The number of imide groups is 1. The van der Waals surface area contributed by atoms with E-state index >= 15 is 0 Å². The van der Waals surface area contributed by atoms with Gasteiger partial charge in [0.15, 0.2) is 5.96 Å². The molecule has 0 bridgehead atoms. The quantitative estimate of drug-likeness (QED) is 0.287. The van der Waals surface area contributed by atoms with Crippen molar-refractivity contribution in [3.63, 3.8) is 0 Å². The molecule has 0 spiro atoms. The fourth-order valence-electron chi connectivity index (χ4n) is 2.88. The third-order valence-corrected chi connectivity index (χ3v) is 5.09. The fourth-order valence-corrected chi connectivity index (χ4v) is 3.67. The topological polar surface area (TPSA) is 80.3 Å². The molecule has 0 unspecified atom stereocenters. The van der Waals surface area contributed by atoms with Crippen LogP contribution in [-0.2, 0) is 4.79 Å². The van der Waals surface area contributed by atoms with Crippen LogP contribution < -0.4 is 15.5 Å². The number of nitrogens with zero attached hydrogens (tertiary/aromatic N) is 4. The Morgan fingerprint density at radius 2 is 2.08 bits per heavy atom. The second-order valence-electron chi connectivity index (χ2n) is 5.60. The summed E-state index contributed by atoms with van der Waals surface area (Å²) in [6.45, 7) is 4.62. The maximum atomic E-state index is 11.5. The molecule has 2 aliphatic heterocycles. The Balaban J connectivity index is 0.00000225. The molecule has 1 aromatic rings. The number of piperazine rings is 1. The Morgan fingerprint density at radius 3 is 2.64 bits per heavy atom. The Hall–Kier alpha value is -1.56. The van der Waals surface area contributed by atoms with Gasteiger partial charge in [0.25, 0.3) is 0 Å². The van der Waals surface area contributed by atoms with E-state index in [1.54, 1.807) is 18.4 Å². The number of aliphatic imine (C=N–C) groups is 1. The molecule has 0 radical (unpaired) electrons. The third kappa shape index (κ3) is 4.75. The van der Waals surface area contributed by atoms with Gasteiger partial charge in [-0.15, -0.1) is 35.3 Å². The molecule has 2 N–H and O–H groups in total. The Kier molecular flexibility index (Phi) is 7.29. The largest absolute Gasteiger partial charge is 0.360 e. The number of carbonyl (C=O) groups is 2. The molecule has 3 amide bonds. The van der Waals surface area contributed by atoms with Gasteiger partial charge in [0.2, 0.25) is 5.91 Å². The molecule has 2 aliphatic rings. The zero-order chi connectivity index (χ0) is 16.9. The van der Waals surface area contributed by atoms with Crippen molar-refractivity contribution in [1.29, 1.82) is 0 Å². The summed E-state index contributed by atoms with van der Waals surface area (Å²) in [7, 11) is 1.75. The lowest BCUT2D eigenvalue weighted by molar-refractivity contribution is -0.124. The van der Waals surface area contributed by atoms with Crippen LogP contribution >= 0.6 is 35.3 Å². The third-order valence-electron chi connectivity index (χ3n) is 4.16. The number of urea groups is 1. The van der Waals surface area contributed by atoms with Crippen molar-refractivity contribution >= 4 is 58.2 Å². The Labute approximate surface area is 168 Å². The van der Waals surface area contributed by atoms with E-state index in [9.17, 15) is 9.59 Å². The molecule has 0 atom stereocenters. The first-order valence-electron chi connectivity index (χ1n) is 8.01. The van der Waals surface area contributed by atoms with E-state index in [1.807, 2.05) is 0 Å². The highest BCUT2D eigenvalue weighted by Crippen LogP contribution is 2.22. The van der Waals surface area contributed by atoms with E-state index < -0.39 is 0 Å². The smallest absolute Gasteiger partial charge is 0.324 e. The standard InChI is InChI=1S/C15H22N6O2S.HI/c1-16-14(17-4-5-21-12(22)11-18-15(21)23)20-8-6-19(7-9-20)13-3-2-10-24-13;/h2-3,10H,4-9,11H2,1H3,(H,16,17)(H,18,23);1H. The summed E-state index contributed by atoms with van der Waals surface area (Å²) in [6, 6.07) is 3.90. The predicted octanol–water partition coefficient (Wildman–Crippen LogP) is 0.615. The van der Waals surface area contributed by atoms with Crippen molar-refractivity contribution in [2.45, 2.75) is 0 Å². The highest BCUT2D eigenvalue weighted by atomic mass is 127. The second kappa shape index (κ2) is 9.22. The van der Waals surface area contributed by atoms with Gasteiger partial charge >= 0.3 is 6.03 Å². The number of halogens is 1. The van der Waals surface area contributed by atoms with Crippen molar-refractivity contribution in [3.05, 3.63) is 17.5 Å². The van der Waals surface area contributed by atoms with Crippen molar-refractivity contribution in [2.75, 3.05) is 57.8 Å². The SMILES string of the molecule is CN=C(NCCN1C(=O)CNC1=O)N1CCN(c2cccs2)CC1.I. The van der Waals surface area contributed by atoms with Crippen LogP contribution in [0.15, 0.2) is 22.5 Å². The molecule has 3 heterocycles. The molecule has 2 fully saturated rings. The summed E-state index contributed by atoms with van der Waals surface area (Å²) in [6.07, 6.45) is 0. The Morgan fingerprint density at radius 1 is 1.32 bits per heavy atom. The molecule has 10 heteroatoms. The van der Waals surface area contributed by atoms with Crippen LogP contribution in [0, 0.1) is 0 Å². The van der Waals surface area contributed by atoms with E-state index in [0.717, 1.165) is 32.1 Å². The highest BCUT2D eigenvalue weighted by molar-refractivity contribution is 14.0. The molecular formula is C15H23IN6O2S. The first-order chi connectivity index (χ1) is 11.7. The van der Waals surface area contributed by atoms with Crippen LogP contribution in [0.5, 0.6) is 0 Å². The number of rotatable bonds is 4. The molecule has 0 saturated carbocycles. The molecule has 138 valence electrons. The number of carbonyl (C=O) groups excluding carboxylic acids is 2. The number of guanidine groups is 1. The zero-order valence-corrected chi connectivity index (χ0v) is 17.3. The first-order valence-corrected chi connectivity index (χ1v) is 8.89. The number of hydrogen-bond acceptors (Lipinski definition) is 5. The van der Waals surface area contributed by atoms with Crippen LogP contribution in [0.3, 0.4) is 0 Å². The number of nitrogens with one attached hydrogen (secondary N) is 2. The van der Waals surface area contributed by atoms with Crippen molar-refractivity contribution in [2.24, 2.45) is 4.99 Å². The van der Waals surface area contributed by atoms with Crippen molar-refractivity contribution < 1.29 is 9.59 Å². The zero-order valence-electron chi connectivity index (χ0n) is 14.1. The molecule has 2 saturated heterocycles. The van der Waals surface area contributed by atoms with E-state index in [2.05, 4.69) is 42.9 Å². The van der Waals surface area contributed by atoms with Gasteiger partial charge in [-0.1, -0.05) is 0 Å². The monoisotopic (exact) mass is 478 g/mol. The van der Waals surface area contributed by atoms with Gasteiger partial charge < -0.3 is 20.4 Å². The van der Waals surface area contributed by atoms with Gasteiger partial charge in [0.1, 0.15) is 0 Å². The van der Waals surface area contributed by atoms with Crippen LogP contribution in [0.2, 0.25) is 0 Å². The van der Waals surface area contributed by atoms with Gasteiger partial charge in [-0.05, 0) is 17.5 Å².